The van der Waals surface area contributed by atoms with Crippen molar-refractivity contribution in [3.8, 4) is 0 Å². The Morgan fingerprint density at radius 3 is 2.17 bits per heavy atom. The van der Waals surface area contributed by atoms with Crippen molar-refractivity contribution in [2.75, 3.05) is 13.1 Å². The number of likely N-dealkylation sites (tertiary alicyclic amines) is 1. The first-order valence-corrected chi connectivity index (χ1v) is 9.97. The Morgan fingerprint density at radius 2 is 1.59 bits per heavy atom. The van der Waals surface area contributed by atoms with E-state index in [0.29, 0.717) is 32.5 Å². The number of nitrogens with two attached hydrogens (primary N) is 1. The minimum absolute atomic E-state index is 0. The van der Waals surface area contributed by atoms with Gasteiger partial charge >= 0.3 is 0 Å². The predicted molar refractivity (Wildman–Crippen MR) is 117 cm³/mol. The van der Waals surface area contributed by atoms with Gasteiger partial charge in [-0.1, -0.05) is 67.6 Å². The lowest BCUT2D eigenvalue weighted by atomic mass is 9.91. The van der Waals surface area contributed by atoms with Crippen LogP contribution in [0.5, 0.6) is 0 Å². The molecule has 3 N–H and O–H groups in total. The number of carbonyl (C=O) groups is 2. The number of hydrogen-bond acceptors (Lipinski definition) is 3. The Hall–Kier alpha value is -2.37. The SMILES string of the molecule is CC(C(=O)N1CCC(C(=O)NCc2ccccc2)CC1)C(N)c1ccccc1.Cl. The average molecular weight is 416 g/mol. The normalized spacial score (nSPS) is 16.4. The molecule has 2 amide bonds. The van der Waals surface area contributed by atoms with Crippen molar-refractivity contribution in [2.24, 2.45) is 17.6 Å². The largest absolute Gasteiger partial charge is 0.352 e. The smallest absolute Gasteiger partial charge is 0.227 e. The minimum Gasteiger partial charge on any atom is -0.352 e. The molecule has 0 spiro atoms. The highest BCUT2D eigenvalue weighted by atomic mass is 35.5. The fourth-order valence-electron chi connectivity index (χ4n) is 3.70. The molecule has 2 aromatic rings. The van der Waals surface area contributed by atoms with Gasteiger partial charge in [0.2, 0.25) is 11.8 Å². The van der Waals surface area contributed by atoms with Crippen molar-refractivity contribution < 1.29 is 9.59 Å². The van der Waals surface area contributed by atoms with E-state index in [1.165, 1.54) is 0 Å². The highest BCUT2D eigenvalue weighted by Crippen LogP contribution is 2.24. The van der Waals surface area contributed by atoms with Crippen LogP contribution in [0.1, 0.15) is 36.9 Å². The summed E-state index contributed by atoms with van der Waals surface area (Å²) in [6, 6.07) is 19.3. The second-order valence-electron chi connectivity index (χ2n) is 7.53. The van der Waals surface area contributed by atoms with Crippen molar-refractivity contribution in [1.82, 2.24) is 10.2 Å². The van der Waals surface area contributed by atoms with Crippen LogP contribution in [-0.2, 0) is 16.1 Å². The lowest BCUT2D eigenvalue weighted by Crippen LogP contribution is -2.46. The van der Waals surface area contributed by atoms with Gasteiger partial charge in [-0.2, -0.15) is 0 Å². The van der Waals surface area contributed by atoms with E-state index in [1.807, 2.05) is 72.5 Å². The monoisotopic (exact) mass is 415 g/mol. The Labute approximate surface area is 179 Å². The quantitative estimate of drug-likeness (QED) is 0.760. The molecule has 1 aliphatic heterocycles. The molecule has 1 fully saturated rings. The van der Waals surface area contributed by atoms with Crippen LogP contribution in [0.4, 0.5) is 0 Å². The molecule has 0 aromatic heterocycles. The van der Waals surface area contributed by atoms with Crippen molar-refractivity contribution >= 4 is 24.2 Å². The number of carbonyl (C=O) groups excluding carboxylic acids is 2. The molecule has 2 unspecified atom stereocenters. The van der Waals surface area contributed by atoms with Crippen LogP contribution in [0.3, 0.4) is 0 Å². The van der Waals surface area contributed by atoms with Gasteiger partial charge in [-0.3, -0.25) is 9.59 Å². The molecule has 1 aliphatic rings. The van der Waals surface area contributed by atoms with E-state index in [2.05, 4.69) is 5.32 Å². The first-order chi connectivity index (χ1) is 13.6. The van der Waals surface area contributed by atoms with Crippen LogP contribution in [0.2, 0.25) is 0 Å². The first kappa shape index (κ1) is 22.9. The van der Waals surface area contributed by atoms with E-state index in [1.54, 1.807) is 0 Å². The zero-order valence-corrected chi connectivity index (χ0v) is 17.6. The van der Waals surface area contributed by atoms with Gasteiger partial charge in [-0.15, -0.1) is 12.4 Å². The Bertz CT molecular complexity index is 777. The highest BCUT2D eigenvalue weighted by molar-refractivity contribution is 5.85. The topological polar surface area (TPSA) is 75.4 Å². The maximum atomic E-state index is 12.8. The molecule has 5 nitrogen and oxygen atoms in total. The average Bonchev–Trinajstić information content (AvgIpc) is 2.77. The van der Waals surface area contributed by atoms with Gasteiger partial charge in [0.25, 0.3) is 0 Å². The van der Waals surface area contributed by atoms with Gasteiger partial charge in [0, 0.05) is 31.6 Å². The summed E-state index contributed by atoms with van der Waals surface area (Å²) in [5.74, 6) is -0.179. The maximum Gasteiger partial charge on any atom is 0.227 e. The molecule has 156 valence electrons. The molecule has 0 radical (unpaired) electrons. The number of nitrogens with one attached hydrogen (secondary N) is 1. The molecule has 1 saturated heterocycles. The van der Waals surface area contributed by atoms with Crippen molar-refractivity contribution in [3.63, 3.8) is 0 Å². The number of nitrogens with zero attached hydrogens (tertiary/aromatic N) is 1. The predicted octanol–water partition coefficient (Wildman–Crippen LogP) is 3.30. The second-order valence-corrected chi connectivity index (χ2v) is 7.53. The zero-order chi connectivity index (χ0) is 19.9. The van der Waals surface area contributed by atoms with Crippen LogP contribution in [0.15, 0.2) is 60.7 Å². The molecule has 0 aliphatic carbocycles. The Balaban J connectivity index is 0.00000300. The number of benzene rings is 2. The number of hydrogen-bond donors (Lipinski definition) is 2. The summed E-state index contributed by atoms with van der Waals surface area (Å²) in [6.07, 6.45) is 1.39. The molecule has 1 heterocycles. The summed E-state index contributed by atoms with van der Waals surface area (Å²) in [6.45, 7) is 3.64. The molecule has 2 atom stereocenters. The fourth-order valence-corrected chi connectivity index (χ4v) is 3.70. The lowest BCUT2D eigenvalue weighted by Gasteiger charge is -2.34. The Morgan fingerprint density at radius 1 is 1.03 bits per heavy atom. The third-order valence-electron chi connectivity index (χ3n) is 5.60. The van der Waals surface area contributed by atoms with E-state index in [0.717, 1.165) is 11.1 Å². The molecule has 6 heteroatoms. The van der Waals surface area contributed by atoms with Crippen LogP contribution < -0.4 is 11.1 Å². The van der Waals surface area contributed by atoms with Crippen LogP contribution >= 0.6 is 12.4 Å². The summed E-state index contributed by atoms with van der Waals surface area (Å²) in [5, 5.41) is 3.01. The van der Waals surface area contributed by atoms with Gasteiger partial charge < -0.3 is 16.0 Å². The summed E-state index contributed by atoms with van der Waals surface area (Å²) in [5.41, 5.74) is 8.37. The highest BCUT2D eigenvalue weighted by Gasteiger charge is 2.31. The minimum atomic E-state index is -0.319. The summed E-state index contributed by atoms with van der Waals surface area (Å²) in [4.78, 5) is 27.1. The molecule has 3 rings (SSSR count). The zero-order valence-electron chi connectivity index (χ0n) is 16.8. The van der Waals surface area contributed by atoms with Crippen LogP contribution in [-0.4, -0.2) is 29.8 Å². The van der Waals surface area contributed by atoms with Crippen LogP contribution in [0, 0.1) is 11.8 Å². The van der Waals surface area contributed by atoms with Gasteiger partial charge in [-0.05, 0) is 24.0 Å². The summed E-state index contributed by atoms with van der Waals surface area (Å²) in [7, 11) is 0. The maximum absolute atomic E-state index is 12.8. The third-order valence-corrected chi connectivity index (χ3v) is 5.60. The third kappa shape index (κ3) is 6.05. The summed E-state index contributed by atoms with van der Waals surface area (Å²) < 4.78 is 0. The molecule has 2 aromatic carbocycles. The molecule has 0 bridgehead atoms. The standard InChI is InChI=1S/C23H29N3O2.ClH/c1-17(21(24)19-10-6-3-7-11-19)23(28)26-14-12-20(13-15-26)22(27)25-16-18-8-4-2-5-9-18;/h2-11,17,20-21H,12-16,24H2,1H3,(H,25,27);1H. The van der Waals surface area contributed by atoms with Gasteiger partial charge in [0.05, 0.1) is 5.92 Å². The van der Waals surface area contributed by atoms with E-state index in [9.17, 15) is 9.59 Å². The van der Waals surface area contributed by atoms with Crippen molar-refractivity contribution in [2.45, 2.75) is 32.4 Å². The second kappa shape index (κ2) is 11.0. The van der Waals surface area contributed by atoms with E-state index < -0.39 is 0 Å². The number of amides is 2. The van der Waals surface area contributed by atoms with Gasteiger partial charge in [0.1, 0.15) is 0 Å². The lowest BCUT2D eigenvalue weighted by molar-refractivity contribution is -0.139. The van der Waals surface area contributed by atoms with Crippen molar-refractivity contribution in [1.29, 1.82) is 0 Å². The first-order valence-electron chi connectivity index (χ1n) is 9.97. The van der Waals surface area contributed by atoms with Gasteiger partial charge in [0.15, 0.2) is 0 Å². The van der Waals surface area contributed by atoms with E-state index in [-0.39, 0.29) is 42.1 Å². The van der Waals surface area contributed by atoms with E-state index >= 15 is 0 Å². The molecular weight excluding hydrogens is 386 g/mol. The van der Waals surface area contributed by atoms with Crippen LogP contribution in [0.25, 0.3) is 0 Å². The Kier molecular flexibility index (Phi) is 8.68. The number of rotatable bonds is 6. The molecular formula is C23H30ClN3O2. The van der Waals surface area contributed by atoms with Gasteiger partial charge in [-0.25, -0.2) is 0 Å². The van der Waals surface area contributed by atoms with E-state index in [4.69, 9.17) is 5.73 Å². The fraction of sp³-hybridized carbons (Fsp3) is 0.391. The molecule has 0 saturated carbocycles. The molecule has 29 heavy (non-hydrogen) atoms. The number of halogens is 1. The number of piperidine rings is 1. The summed E-state index contributed by atoms with van der Waals surface area (Å²) >= 11 is 0. The van der Waals surface area contributed by atoms with Crippen molar-refractivity contribution in [3.05, 3.63) is 71.8 Å².